The van der Waals surface area contributed by atoms with Gasteiger partial charge in [-0.2, -0.15) is 5.10 Å². The molecule has 2 aliphatic rings. The Morgan fingerprint density at radius 1 is 1.46 bits per heavy atom. The first-order valence-corrected chi connectivity index (χ1v) is 9.13. The predicted molar refractivity (Wildman–Crippen MR) is 101 cm³/mol. The maximum atomic E-state index is 14.3. The molecule has 4 nitrogen and oxygen atoms in total. The number of halogens is 2. The lowest BCUT2D eigenvalue weighted by molar-refractivity contribution is -0.131. The zero-order valence-electron chi connectivity index (χ0n) is 14.6. The Bertz CT molecular complexity index is 862. The summed E-state index contributed by atoms with van der Waals surface area (Å²) >= 11 is 1.25. The zero-order chi connectivity index (χ0) is 18.9. The fourth-order valence-corrected chi connectivity index (χ4v) is 4.90. The molecular weight excluding hydrogens is 356 g/mol. The van der Waals surface area contributed by atoms with Crippen molar-refractivity contribution in [2.24, 2.45) is 10.1 Å². The van der Waals surface area contributed by atoms with Gasteiger partial charge < -0.3 is 0 Å². The molecule has 1 atom stereocenters. The normalized spacial score (nSPS) is 23.1. The van der Waals surface area contributed by atoms with Crippen LogP contribution in [-0.4, -0.2) is 27.0 Å². The highest BCUT2D eigenvalue weighted by atomic mass is 32.2. The van der Waals surface area contributed by atoms with Crippen molar-refractivity contribution in [3.63, 3.8) is 0 Å². The number of amides is 1. The first-order chi connectivity index (χ1) is 12.4. The van der Waals surface area contributed by atoms with Crippen LogP contribution in [0.1, 0.15) is 38.7 Å². The third kappa shape index (κ3) is 3.00. The van der Waals surface area contributed by atoms with Gasteiger partial charge in [-0.1, -0.05) is 24.4 Å². The van der Waals surface area contributed by atoms with Crippen molar-refractivity contribution in [3.05, 3.63) is 59.3 Å². The molecule has 0 bridgehead atoms. The van der Waals surface area contributed by atoms with Gasteiger partial charge in [0.25, 0.3) is 0 Å². The van der Waals surface area contributed by atoms with Gasteiger partial charge in [0, 0.05) is 30.0 Å². The van der Waals surface area contributed by atoms with Gasteiger partial charge in [0.2, 0.25) is 5.91 Å². The molecule has 1 unspecified atom stereocenters. The summed E-state index contributed by atoms with van der Waals surface area (Å²) in [5.74, 6) is -1.41. The van der Waals surface area contributed by atoms with Crippen LogP contribution in [0.4, 0.5) is 8.78 Å². The largest absolute Gasteiger partial charge is 0.273 e. The van der Waals surface area contributed by atoms with Crippen molar-refractivity contribution >= 4 is 28.9 Å². The molecule has 1 aromatic carbocycles. The first kappa shape index (κ1) is 18.5. The highest BCUT2D eigenvalue weighted by Crippen LogP contribution is 2.52. The quantitative estimate of drug-likeness (QED) is 0.723. The van der Waals surface area contributed by atoms with Gasteiger partial charge in [0.1, 0.15) is 21.5 Å². The summed E-state index contributed by atoms with van der Waals surface area (Å²) in [6, 6.07) is 3.22. The number of nitrogens with zero attached hydrogens (tertiary/aromatic N) is 3. The van der Waals surface area contributed by atoms with Crippen molar-refractivity contribution < 1.29 is 13.6 Å². The molecule has 7 heteroatoms. The molecule has 1 heterocycles. The van der Waals surface area contributed by atoms with Gasteiger partial charge in [-0.05, 0) is 44.4 Å². The Morgan fingerprint density at radius 3 is 2.88 bits per heavy atom. The minimum Gasteiger partial charge on any atom is -0.273 e. The lowest BCUT2D eigenvalue weighted by Gasteiger charge is -2.39. The fourth-order valence-electron chi connectivity index (χ4n) is 3.37. The van der Waals surface area contributed by atoms with Crippen LogP contribution >= 0.6 is 11.8 Å². The second-order valence-corrected chi connectivity index (χ2v) is 7.32. The first-order valence-electron chi connectivity index (χ1n) is 8.31. The van der Waals surface area contributed by atoms with E-state index in [4.69, 9.17) is 0 Å². The second kappa shape index (κ2) is 7.15. The van der Waals surface area contributed by atoms with E-state index < -0.39 is 16.5 Å². The molecule has 1 aliphatic carbocycles. The molecule has 136 valence electrons. The molecule has 0 radical (unpaired) electrons. The number of carbonyl (C=O) groups is 1. The summed E-state index contributed by atoms with van der Waals surface area (Å²) in [6.45, 7) is 7.13. The Hall–Kier alpha value is -2.28. The van der Waals surface area contributed by atoms with Crippen LogP contribution in [0.5, 0.6) is 0 Å². The fraction of sp³-hybridized carbons (Fsp3) is 0.316. The number of allylic oxidation sites excluding steroid dienone is 1. The molecule has 1 aliphatic heterocycles. The van der Waals surface area contributed by atoms with Crippen LogP contribution < -0.4 is 0 Å². The van der Waals surface area contributed by atoms with E-state index in [1.54, 1.807) is 12.3 Å². The van der Waals surface area contributed by atoms with Gasteiger partial charge in [-0.3, -0.25) is 9.79 Å². The van der Waals surface area contributed by atoms with Crippen molar-refractivity contribution in [1.82, 2.24) is 5.01 Å². The molecule has 0 N–H and O–H groups in total. The van der Waals surface area contributed by atoms with Gasteiger partial charge in [-0.25, -0.2) is 13.8 Å². The summed E-state index contributed by atoms with van der Waals surface area (Å²) in [7, 11) is 0. The number of hydrogen-bond acceptors (Lipinski definition) is 4. The SMILES string of the molecule is C=CC1=C(N=CC)CCCC12SC(c1cc(F)ccc1F)=NN2C(C)=O. The molecule has 1 amide bonds. The van der Waals surface area contributed by atoms with E-state index in [0.29, 0.717) is 6.42 Å². The number of hydrazone groups is 1. The van der Waals surface area contributed by atoms with Gasteiger partial charge in [0.15, 0.2) is 0 Å². The lowest BCUT2D eigenvalue weighted by Crippen LogP contribution is -2.45. The molecule has 0 aromatic heterocycles. The monoisotopic (exact) mass is 375 g/mol. The summed E-state index contributed by atoms with van der Waals surface area (Å²) in [6.07, 6.45) is 5.58. The topological polar surface area (TPSA) is 45.0 Å². The van der Waals surface area contributed by atoms with Crippen molar-refractivity contribution in [2.75, 3.05) is 0 Å². The summed E-state index contributed by atoms with van der Waals surface area (Å²) < 4.78 is 27.9. The van der Waals surface area contributed by atoms with E-state index in [-0.39, 0.29) is 16.5 Å². The number of rotatable bonds is 3. The number of thioether (sulfide) groups is 1. The van der Waals surface area contributed by atoms with E-state index in [2.05, 4.69) is 16.7 Å². The average molecular weight is 375 g/mol. The molecule has 0 saturated carbocycles. The van der Waals surface area contributed by atoms with Crippen molar-refractivity contribution in [1.29, 1.82) is 0 Å². The van der Waals surface area contributed by atoms with E-state index >= 15 is 0 Å². The van der Waals surface area contributed by atoms with Crippen LogP contribution in [0.15, 0.2) is 52.2 Å². The Labute approximate surface area is 155 Å². The number of carbonyl (C=O) groups excluding carboxylic acids is 1. The van der Waals surface area contributed by atoms with Crippen LogP contribution in [-0.2, 0) is 4.79 Å². The predicted octanol–water partition coefficient (Wildman–Crippen LogP) is 4.63. The number of hydrogen-bond donors (Lipinski definition) is 0. The second-order valence-electron chi connectivity index (χ2n) is 6.05. The van der Waals surface area contributed by atoms with Crippen LogP contribution in [0, 0.1) is 11.6 Å². The minimum absolute atomic E-state index is 0.0488. The summed E-state index contributed by atoms with van der Waals surface area (Å²) in [5.41, 5.74) is 1.67. The Balaban J connectivity index is 2.15. The number of benzene rings is 1. The number of aliphatic imine (C=N–C) groups is 1. The Morgan fingerprint density at radius 2 is 2.23 bits per heavy atom. The van der Waals surface area contributed by atoms with Gasteiger partial charge in [-0.15, -0.1) is 0 Å². The summed E-state index contributed by atoms with van der Waals surface area (Å²) in [5, 5.41) is 5.99. The zero-order valence-corrected chi connectivity index (χ0v) is 15.4. The van der Waals surface area contributed by atoms with Crippen LogP contribution in [0.2, 0.25) is 0 Å². The van der Waals surface area contributed by atoms with Crippen LogP contribution in [0.25, 0.3) is 0 Å². The lowest BCUT2D eigenvalue weighted by atomic mass is 9.90. The van der Waals surface area contributed by atoms with Crippen LogP contribution in [0.3, 0.4) is 0 Å². The molecule has 3 rings (SSSR count). The van der Waals surface area contributed by atoms with Crippen molar-refractivity contribution in [3.8, 4) is 0 Å². The third-order valence-corrected chi connectivity index (χ3v) is 5.84. The third-order valence-electron chi connectivity index (χ3n) is 4.41. The Kier molecular flexibility index (Phi) is 5.09. The van der Waals surface area contributed by atoms with E-state index in [1.807, 2.05) is 6.92 Å². The van der Waals surface area contributed by atoms with Crippen molar-refractivity contribution in [2.45, 2.75) is 38.0 Å². The highest BCUT2D eigenvalue weighted by molar-refractivity contribution is 8.16. The average Bonchev–Trinajstić information content (AvgIpc) is 2.97. The minimum atomic E-state index is -0.832. The smallest absolute Gasteiger partial charge is 0.241 e. The molecule has 0 fully saturated rings. The molecule has 26 heavy (non-hydrogen) atoms. The van der Waals surface area contributed by atoms with E-state index in [9.17, 15) is 13.6 Å². The maximum Gasteiger partial charge on any atom is 0.241 e. The molecular formula is C19H19F2N3OS. The summed E-state index contributed by atoms with van der Waals surface area (Å²) in [4.78, 5) is 15.9. The van der Waals surface area contributed by atoms with Gasteiger partial charge in [0.05, 0.1) is 0 Å². The molecule has 1 spiro atoms. The molecule has 0 saturated heterocycles. The standard InChI is InChI=1S/C19H19F2N3OS/c1-4-15-17(22-5-2)7-6-10-19(15)24(12(3)25)23-18(26-19)14-11-13(20)8-9-16(14)21/h4-5,8-9,11H,1,6-7,10H2,2-3H3. The maximum absolute atomic E-state index is 14.3. The van der Waals surface area contributed by atoms with Gasteiger partial charge >= 0.3 is 0 Å². The highest BCUT2D eigenvalue weighted by Gasteiger charge is 2.50. The van der Waals surface area contributed by atoms with E-state index in [1.165, 1.54) is 23.7 Å². The molecule has 1 aromatic rings. The van der Waals surface area contributed by atoms with E-state index in [0.717, 1.165) is 42.3 Å².